The number of anilines is 6. The second-order valence-corrected chi connectivity index (χ2v) is 15.4. The van der Waals surface area contributed by atoms with Crippen LogP contribution in [0.3, 0.4) is 0 Å². The van der Waals surface area contributed by atoms with E-state index in [2.05, 4.69) is 161 Å². The topological polar surface area (TPSA) is 48.3 Å². The molecule has 1 aromatic heterocycles. The summed E-state index contributed by atoms with van der Waals surface area (Å²) in [6.07, 6.45) is 3.22. The van der Waals surface area contributed by atoms with E-state index in [1.807, 2.05) is 48.5 Å². The van der Waals surface area contributed by atoms with Crippen LogP contribution in [0.4, 0.5) is 34.1 Å². The number of ether oxygens (including phenoxy) is 4. The Balaban J connectivity index is 0.00000560. The first-order valence-electron chi connectivity index (χ1n) is 21.2. The van der Waals surface area contributed by atoms with Gasteiger partial charge in [0.25, 0.3) is 0 Å². The zero-order valence-corrected chi connectivity index (χ0v) is 39.3. The third-order valence-electron chi connectivity index (χ3n) is 11.7. The predicted octanol–water partition coefficient (Wildman–Crippen LogP) is 11.7. The van der Waals surface area contributed by atoms with Crippen LogP contribution in [0.15, 0.2) is 182 Å². The van der Waals surface area contributed by atoms with Gasteiger partial charge in [-0.2, -0.15) is 13.3 Å². The first kappa shape index (κ1) is 44.0. The van der Waals surface area contributed by atoms with Gasteiger partial charge in [-0.05, 0) is 162 Å². The van der Waals surface area contributed by atoms with E-state index in [1.165, 1.54) is 32.9 Å². The normalized spacial score (nSPS) is 11.0. The van der Waals surface area contributed by atoms with Crippen molar-refractivity contribution >= 4 is 55.9 Å². The Morgan fingerprint density at radius 2 is 0.641 bits per heavy atom. The molecule has 0 saturated heterocycles. The van der Waals surface area contributed by atoms with Crippen molar-refractivity contribution in [1.29, 1.82) is 0 Å². The van der Waals surface area contributed by atoms with Crippen molar-refractivity contribution in [3.05, 3.63) is 188 Å². The number of aryl methyl sites for hydroxylation is 1. The summed E-state index contributed by atoms with van der Waals surface area (Å²) in [7, 11) is 6.76. The molecule has 8 aromatic carbocycles. The molecule has 0 aliphatic heterocycles. The fraction of sp³-hybridized carbons (Fsp3) is 0.125. The maximum Gasteiger partial charge on any atom is 1.00 e. The van der Waals surface area contributed by atoms with Gasteiger partial charge in [-0.15, -0.1) is 0 Å². The molecule has 7 nitrogen and oxygen atoms in total. The summed E-state index contributed by atoms with van der Waals surface area (Å²) < 4.78 is 24.3. The molecular formula is C56H50N3NaO4. The zero-order valence-electron chi connectivity index (χ0n) is 37.3. The summed E-state index contributed by atoms with van der Waals surface area (Å²) >= 11 is 0. The Labute approximate surface area is 398 Å². The Bertz CT molecular complexity index is 2650. The summed E-state index contributed by atoms with van der Waals surface area (Å²) in [4.78, 5) is 4.49. The molecule has 9 rings (SSSR count). The van der Waals surface area contributed by atoms with E-state index in [4.69, 9.17) is 18.9 Å². The fourth-order valence-electron chi connectivity index (χ4n) is 8.38. The molecule has 0 aliphatic carbocycles. The number of rotatable bonds is 15. The molecule has 9 aromatic rings. The van der Waals surface area contributed by atoms with E-state index in [9.17, 15) is 0 Å². The molecule has 1 heterocycles. The Hall–Kier alpha value is -6.64. The van der Waals surface area contributed by atoms with Crippen LogP contribution < -0.4 is 58.3 Å². The second-order valence-electron chi connectivity index (χ2n) is 15.4. The van der Waals surface area contributed by atoms with Crippen molar-refractivity contribution in [3.8, 4) is 45.3 Å². The summed E-state index contributed by atoms with van der Waals surface area (Å²) in [6.45, 7) is 3.02. The van der Waals surface area contributed by atoms with Gasteiger partial charge in [-0.3, -0.25) is 0 Å². The number of hydrogen-bond donors (Lipinski definition) is 0. The quantitative estimate of drug-likeness (QED) is 0.0756. The van der Waals surface area contributed by atoms with Gasteiger partial charge in [0.15, 0.2) is 0 Å². The zero-order chi connectivity index (χ0) is 43.3. The summed E-state index contributed by atoms with van der Waals surface area (Å²) in [5.41, 5.74) is 13.4. The monoisotopic (exact) mass is 851 g/mol. The van der Waals surface area contributed by atoms with E-state index in [0.29, 0.717) is 0 Å². The van der Waals surface area contributed by atoms with E-state index >= 15 is 0 Å². The van der Waals surface area contributed by atoms with Crippen molar-refractivity contribution in [1.82, 2.24) is 4.57 Å². The minimum absolute atomic E-state index is 0. The molecule has 8 heteroatoms. The SMILES string of the molecule is C[CH-]CCn1c2cc(-c3ccc(N(c4ccc(OC)cc4)c4ccc(OC)cc4)cc3)ccc2c2ccc(-c3ccc(N(c4ccc(OC)cc4)c4ccc(OC)cc4)cc3)cc21.[Na+]. The van der Waals surface area contributed by atoms with Crippen LogP contribution in [0, 0.1) is 6.42 Å². The van der Waals surface area contributed by atoms with Crippen molar-refractivity contribution in [2.45, 2.75) is 19.9 Å². The maximum absolute atomic E-state index is 5.46. The molecule has 0 spiro atoms. The second kappa shape index (κ2) is 19.8. The molecule has 0 unspecified atom stereocenters. The van der Waals surface area contributed by atoms with Gasteiger partial charge in [0.05, 0.1) is 28.4 Å². The first-order chi connectivity index (χ1) is 31.0. The molecule has 64 heavy (non-hydrogen) atoms. The minimum atomic E-state index is 0. The number of aromatic nitrogens is 1. The number of hydrogen-bond acceptors (Lipinski definition) is 6. The number of benzene rings is 8. The Morgan fingerprint density at radius 1 is 0.375 bits per heavy atom. The third-order valence-corrected chi connectivity index (χ3v) is 11.7. The third kappa shape index (κ3) is 8.93. The van der Waals surface area contributed by atoms with Gasteiger partial charge >= 0.3 is 29.6 Å². The molecular weight excluding hydrogens is 802 g/mol. The largest absolute Gasteiger partial charge is 1.00 e. The number of fused-ring (bicyclic) bond motifs is 3. The van der Waals surface area contributed by atoms with Gasteiger partial charge in [0, 0.05) is 55.9 Å². The smallest absolute Gasteiger partial charge is 0.497 e. The molecule has 0 bridgehead atoms. The molecule has 0 amide bonds. The molecule has 0 radical (unpaired) electrons. The molecule has 0 aliphatic rings. The first-order valence-corrected chi connectivity index (χ1v) is 21.2. The fourth-order valence-corrected chi connectivity index (χ4v) is 8.38. The average molecular weight is 852 g/mol. The van der Waals surface area contributed by atoms with E-state index in [-0.39, 0.29) is 29.6 Å². The van der Waals surface area contributed by atoms with Crippen molar-refractivity contribution < 1.29 is 48.5 Å². The van der Waals surface area contributed by atoms with E-state index < -0.39 is 0 Å². The number of methoxy groups -OCH3 is 4. The van der Waals surface area contributed by atoms with Crippen LogP contribution in [0.5, 0.6) is 23.0 Å². The van der Waals surface area contributed by atoms with Crippen molar-refractivity contribution in [2.75, 3.05) is 38.2 Å². The van der Waals surface area contributed by atoms with Gasteiger partial charge in [-0.1, -0.05) is 48.5 Å². The van der Waals surface area contributed by atoms with Gasteiger partial charge in [0.1, 0.15) is 23.0 Å². The van der Waals surface area contributed by atoms with Gasteiger partial charge < -0.3 is 39.7 Å². The molecule has 314 valence electrons. The standard InChI is InChI=1S/C56H50N3O4.Na/c1-6-7-36-57-55-37-41(39-8-14-43(15-9-39)58(45-18-26-49(60-2)27-19-45)46-20-28-50(61-3)29-21-46)12-34-53(55)54-35-13-42(38-56(54)57)40-10-16-44(17-11-40)59(47-22-30-51(62-4)31-23-47)48-24-32-52(63-5)33-25-48;/h6,8-35,37-38H,7,36H2,1-5H3;/q-1;+1. The van der Waals surface area contributed by atoms with Crippen LogP contribution in [0.25, 0.3) is 44.1 Å². The minimum Gasteiger partial charge on any atom is -0.497 e. The molecule has 0 N–H and O–H groups in total. The number of nitrogens with zero attached hydrogens (tertiary/aromatic N) is 3. The van der Waals surface area contributed by atoms with Gasteiger partial charge in [-0.25, -0.2) is 0 Å². The van der Waals surface area contributed by atoms with E-state index in [0.717, 1.165) is 81.2 Å². The van der Waals surface area contributed by atoms with Crippen LogP contribution in [-0.2, 0) is 6.54 Å². The maximum atomic E-state index is 5.46. The van der Waals surface area contributed by atoms with Gasteiger partial charge in [0.2, 0.25) is 0 Å². The van der Waals surface area contributed by atoms with Crippen LogP contribution in [-0.4, -0.2) is 33.0 Å². The molecule has 0 fully saturated rings. The molecule has 0 atom stereocenters. The summed E-state index contributed by atoms with van der Waals surface area (Å²) in [6, 6.07) is 64.0. The summed E-state index contributed by atoms with van der Waals surface area (Å²) in [5.74, 6) is 3.27. The van der Waals surface area contributed by atoms with Crippen molar-refractivity contribution in [3.63, 3.8) is 0 Å². The average Bonchev–Trinajstić information content (AvgIpc) is 3.66. The summed E-state index contributed by atoms with van der Waals surface area (Å²) in [5, 5.41) is 2.51. The van der Waals surface area contributed by atoms with Crippen LogP contribution in [0.2, 0.25) is 0 Å². The Morgan fingerprint density at radius 3 is 0.906 bits per heavy atom. The van der Waals surface area contributed by atoms with Crippen LogP contribution >= 0.6 is 0 Å². The molecule has 0 saturated carbocycles. The van der Waals surface area contributed by atoms with Crippen molar-refractivity contribution in [2.24, 2.45) is 0 Å². The van der Waals surface area contributed by atoms with Crippen LogP contribution in [0.1, 0.15) is 13.3 Å². The van der Waals surface area contributed by atoms with E-state index in [1.54, 1.807) is 28.4 Å². The Kier molecular flexibility index (Phi) is 13.6. The number of unbranched alkanes of at least 4 members (excludes halogenated alkanes) is 1. The predicted molar refractivity (Wildman–Crippen MR) is 260 cm³/mol.